The smallest absolute Gasteiger partial charge is 0.220 e. The van der Waals surface area contributed by atoms with Crippen LogP contribution in [0.15, 0.2) is 0 Å². The third-order valence-corrected chi connectivity index (χ3v) is 17.2. The van der Waals surface area contributed by atoms with Gasteiger partial charge in [-0.2, -0.15) is 0 Å². The van der Waals surface area contributed by atoms with Gasteiger partial charge in [-0.15, -0.1) is 0 Å². The van der Waals surface area contributed by atoms with E-state index in [0.29, 0.717) is 30.7 Å². The van der Waals surface area contributed by atoms with Gasteiger partial charge in [0.2, 0.25) is 11.8 Å². The average molecular weight is 1070 g/mol. The summed E-state index contributed by atoms with van der Waals surface area (Å²) in [6.45, 7) is 36.0. The van der Waals surface area contributed by atoms with E-state index in [9.17, 15) is 14.4 Å². The van der Waals surface area contributed by atoms with E-state index >= 15 is 0 Å². The Morgan fingerprint density at radius 3 is 1.41 bits per heavy atom. The fourth-order valence-corrected chi connectivity index (χ4v) is 11.0. The Bertz CT molecular complexity index is 1360. The Morgan fingerprint density at radius 2 is 0.868 bits per heavy atom. The maximum absolute atomic E-state index is 13.1. The maximum Gasteiger partial charge on any atom is 0.220 e. The summed E-state index contributed by atoms with van der Waals surface area (Å²) in [4.78, 5) is 39.6. The van der Waals surface area contributed by atoms with Gasteiger partial charge in [0.15, 0.2) is 0 Å². The molecule has 0 aliphatic carbocycles. The van der Waals surface area contributed by atoms with E-state index in [2.05, 4.69) is 98.6 Å². The highest BCUT2D eigenvalue weighted by molar-refractivity contribution is 5.77. The Kier molecular flexibility index (Phi) is 46.2. The molecule has 0 aromatic rings. The first-order valence-corrected chi connectivity index (χ1v) is 33.1. The lowest BCUT2D eigenvalue weighted by Gasteiger charge is -2.38. The minimum Gasteiger partial charge on any atom is -0.381 e. The minimum absolute atomic E-state index is 0.0390. The van der Waals surface area contributed by atoms with E-state index in [-0.39, 0.29) is 34.0 Å². The molecule has 1 unspecified atom stereocenters. The van der Waals surface area contributed by atoms with Gasteiger partial charge in [-0.05, 0) is 160 Å². The molecule has 0 aliphatic heterocycles. The summed E-state index contributed by atoms with van der Waals surface area (Å²) in [7, 11) is 0. The van der Waals surface area contributed by atoms with Crippen molar-refractivity contribution in [3.63, 3.8) is 0 Å². The molecule has 452 valence electrons. The molecule has 0 bridgehead atoms. The van der Waals surface area contributed by atoms with Crippen molar-refractivity contribution in [3.05, 3.63) is 0 Å². The number of ketones is 1. The molecule has 0 radical (unpaired) electrons. The van der Waals surface area contributed by atoms with E-state index in [1.54, 1.807) is 6.92 Å². The van der Waals surface area contributed by atoms with Gasteiger partial charge in [0.25, 0.3) is 0 Å². The van der Waals surface area contributed by atoms with Gasteiger partial charge in [0, 0.05) is 63.8 Å². The molecule has 8 nitrogen and oxygen atoms in total. The second-order valence-corrected chi connectivity index (χ2v) is 27.4. The zero-order valence-corrected chi connectivity index (χ0v) is 53.7. The van der Waals surface area contributed by atoms with Crippen LogP contribution in [-0.2, 0) is 23.9 Å². The number of nitrogens with one attached hydrogen (secondary N) is 2. The van der Waals surface area contributed by atoms with Gasteiger partial charge in [-0.3, -0.25) is 14.5 Å². The van der Waals surface area contributed by atoms with Crippen molar-refractivity contribution in [2.24, 2.45) is 22.2 Å². The highest BCUT2D eigenvalue weighted by Crippen LogP contribution is 2.42. The molecule has 0 aromatic carbocycles. The van der Waals surface area contributed by atoms with Crippen LogP contribution in [0.1, 0.15) is 340 Å². The number of hydrogen-bond acceptors (Lipinski definition) is 6. The molecule has 0 rings (SSSR count). The van der Waals surface area contributed by atoms with E-state index in [1.807, 2.05) is 0 Å². The van der Waals surface area contributed by atoms with Gasteiger partial charge < -0.3 is 24.9 Å². The quantitative estimate of drug-likeness (QED) is 0.0589. The van der Waals surface area contributed by atoms with Crippen LogP contribution in [0, 0.1) is 22.2 Å². The number of carbonyl (C=O) groups excluding carboxylic acids is 3. The van der Waals surface area contributed by atoms with Gasteiger partial charge in [0.1, 0.15) is 5.78 Å². The van der Waals surface area contributed by atoms with Crippen LogP contribution in [-0.4, -0.2) is 80.1 Å². The molecule has 1 atom stereocenters. The van der Waals surface area contributed by atoms with Crippen molar-refractivity contribution in [3.8, 4) is 0 Å². The molecule has 0 heterocycles. The molecule has 0 fully saturated rings. The molecule has 2 N–H and O–H groups in total. The molecule has 0 aromatic heterocycles. The zero-order valence-electron chi connectivity index (χ0n) is 53.7. The largest absolute Gasteiger partial charge is 0.381 e. The van der Waals surface area contributed by atoms with Crippen molar-refractivity contribution in [1.29, 1.82) is 0 Å². The average Bonchev–Trinajstić information content (AvgIpc) is 3.35. The second kappa shape index (κ2) is 47.2. The number of carbonyl (C=O) groups is 3. The molecule has 0 aliphatic rings. The van der Waals surface area contributed by atoms with Crippen molar-refractivity contribution in [2.75, 3.05) is 46.1 Å². The number of hydrogen-bond donors (Lipinski definition) is 2. The third kappa shape index (κ3) is 47.3. The molecule has 0 saturated carbocycles. The monoisotopic (exact) mass is 1070 g/mol. The maximum atomic E-state index is 13.1. The summed E-state index contributed by atoms with van der Waals surface area (Å²) in [6, 6.07) is 0.559. The number of unbranched alkanes of at least 4 members (excludes halogenated alkanes) is 23. The fraction of sp³-hybridized carbons (Fsp3) is 0.956. The van der Waals surface area contributed by atoms with Crippen molar-refractivity contribution >= 4 is 17.6 Å². The summed E-state index contributed by atoms with van der Waals surface area (Å²) in [5, 5.41) is 6.62. The number of ether oxygens (including phenoxy) is 2. The topological polar surface area (TPSA) is 97.0 Å². The Balaban J connectivity index is 4.10. The van der Waals surface area contributed by atoms with Crippen LogP contribution in [0.4, 0.5) is 0 Å². The lowest BCUT2D eigenvalue weighted by Crippen LogP contribution is -2.44. The standard InChI is InChI=1S/C68H135N3O5/c1-14-16-18-20-29-36-44-62(43-35-19-17-15-2)67(10,11)50-48-66(8,9)52-53-69-63(73)46-47-65(6,7)49-51-68(12,13)70-64(74)45-37-30-27-25-23-21-22-24-26-28-31-38-54-71(60(3)4)55-59-76-58-41-33-40-57-75-56-39-32-34-42-61(5)72/h60,62H,14-59H2,1-13H3,(H,69,73)(H,70,74). The minimum atomic E-state index is -0.249. The van der Waals surface area contributed by atoms with Crippen LogP contribution >= 0.6 is 0 Å². The van der Waals surface area contributed by atoms with Gasteiger partial charge in [-0.25, -0.2) is 0 Å². The Labute approximate surface area is 475 Å². The molecule has 8 heteroatoms. The van der Waals surface area contributed by atoms with Crippen molar-refractivity contribution in [1.82, 2.24) is 15.5 Å². The van der Waals surface area contributed by atoms with Crippen molar-refractivity contribution in [2.45, 2.75) is 352 Å². The lowest BCUT2D eigenvalue weighted by molar-refractivity contribution is -0.123. The second-order valence-electron chi connectivity index (χ2n) is 27.4. The highest BCUT2D eigenvalue weighted by Gasteiger charge is 2.32. The Hall–Kier alpha value is -1.51. The number of nitrogens with zero attached hydrogens (tertiary/aromatic N) is 1. The normalized spacial score (nSPS) is 13.0. The van der Waals surface area contributed by atoms with Gasteiger partial charge in [0.05, 0.1) is 6.61 Å². The summed E-state index contributed by atoms with van der Waals surface area (Å²) in [5.74, 6) is 1.46. The summed E-state index contributed by atoms with van der Waals surface area (Å²) in [6.07, 6.45) is 46.4. The molecule has 2 amide bonds. The predicted molar refractivity (Wildman–Crippen MR) is 331 cm³/mol. The number of Topliss-reactive ketones (excluding diaryl/α,β-unsaturated/α-hetero) is 1. The summed E-state index contributed by atoms with van der Waals surface area (Å²) in [5.41, 5.74) is 0.356. The van der Waals surface area contributed by atoms with Crippen LogP contribution in [0.25, 0.3) is 0 Å². The van der Waals surface area contributed by atoms with Crippen LogP contribution in [0.5, 0.6) is 0 Å². The third-order valence-electron chi connectivity index (χ3n) is 17.2. The SMILES string of the molecule is CCCCCCCCC(CCCCCC)C(C)(C)CCC(C)(C)CCNC(=O)CCC(C)(C)CCC(C)(C)NC(=O)CCCCCCCCCCCCCCN(CCOCCCCCOCCCCCC(C)=O)C(C)C. The van der Waals surface area contributed by atoms with E-state index in [0.717, 1.165) is 122 Å². The number of rotatable bonds is 57. The first kappa shape index (κ1) is 74.5. The lowest BCUT2D eigenvalue weighted by atomic mass is 9.68. The fourth-order valence-electron chi connectivity index (χ4n) is 11.0. The van der Waals surface area contributed by atoms with Crippen LogP contribution < -0.4 is 10.6 Å². The highest BCUT2D eigenvalue weighted by atomic mass is 16.5. The molecular weight excluding hydrogens is 939 g/mol. The van der Waals surface area contributed by atoms with Gasteiger partial charge in [-0.1, -0.05) is 190 Å². The van der Waals surface area contributed by atoms with E-state index in [1.165, 1.54) is 161 Å². The van der Waals surface area contributed by atoms with E-state index in [4.69, 9.17) is 9.47 Å². The van der Waals surface area contributed by atoms with Gasteiger partial charge >= 0.3 is 0 Å². The van der Waals surface area contributed by atoms with Crippen molar-refractivity contribution < 1.29 is 23.9 Å². The predicted octanol–water partition coefficient (Wildman–Crippen LogP) is 19.3. The van der Waals surface area contributed by atoms with Crippen LogP contribution in [0.3, 0.4) is 0 Å². The molecule has 76 heavy (non-hydrogen) atoms. The van der Waals surface area contributed by atoms with Crippen LogP contribution in [0.2, 0.25) is 0 Å². The summed E-state index contributed by atoms with van der Waals surface area (Å²) < 4.78 is 11.7. The first-order valence-electron chi connectivity index (χ1n) is 33.1. The zero-order chi connectivity index (χ0) is 56.8. The molecule has 0 saturated heterocycles. The molecule has 0 spiro atoms. The molecular formula is C68H135N3O5. The summed E-state index contributed by atoms with van der Waals surface area (Å²) >= 11 is 0. The first-order chi connectivity index (χ1) is 36.1. The number of amides is 2. The van der Waals surface area contributed by atoms with E-state index < -0.39 is 0 Å². The Morgan fingerprint density at radius 1 is 0.434 bits per heavy atom.